The summed E-state index contributed by atoms with van der Waals surface area (Å²) >= 11 is 1.53. The van der Waals surface area contributed by atoms with Crippen molar-refractivity contribution in [3.05, 3.63) is 23.9 Å². The van der Waals surface area contributed by atoms with Crippen LogP contribution in [0.4, 0.5) is 0 Å². The maximum absolute atomic E-state index is 8.89. The Morgan fingerprint density at radius 3 is 3.06 bits per heavy atom. The first-order chi connectivity index (χ1) is 7.67. The molecule has 5 nitrogen and oxygen atoms in total. The Labute approximate surface area is 98.4 Å². The second kappa shape index (κ2) is 6.34. The Hall–Kier alpha value is -1.27. The molecule has 1 aromatic heterocycles. The molecular weight excluding hydrogens is 226 g/mol. The summed E-state index contributed by atoms with van der Waals surface area (Å²) in [6, 6.07) is 3.43. The van der Waals surface area contributed by atoms with Crippen LogP contribution in [0.15, 0.2) is 28.5 Å². The van der Waals surface area contributed by atoms with Crippen LogP contribution in [0.25, 0.3) is 0 Å². The molecule has 0 spiro atoms. The Bertz CT molecular complexity index is 371. The minimum Gasteiger partial charge on any atom is -0.409 e. The van der Waals surface area contributed by atoms with Crippen molar-refractivity contribution in [1.82, 2.24) is 4.98 Å². The van der Waals surface area contributed by atoms with Gasteiger partial charge in [-0.2, -0.15) is 0 Å². The van der Waals surface area contributed by atoms with Crippen molar-refractivity contribution < 1.29 is 10.3 Å². The third-order valence-corrected chi connectivity index (χ3v) is 3.22. The van der Waals surface area contributed by atoms with Gasteiger partial charge in [-0.25, -0.2) is 4.98 Å². The van der Waals surface area contributed by atoms with E-state index in [4.69, 9.17) is 16.0 Å². The highest BCUT2D eigenvalue weighted by atomic mass is 32.2. The van der Waals surface area contributed by atoms with E-state index in [0.717, 1.165) is 10.8 Å². The highest BCUT2D eigenvalue weighted by Crippen LogP contribution is 2.19. The van der Waals surface area contributed by atoms with Gasteiger partial charge in [0.05, 0.1) is 5.03 Å². The number of oxime groups is 1. The quantitative estimate of drug-likeness (QED) is 0.234. The normalized spacial score (nSPS) is 13.8. The van der Waals surface area contributed by atoms with Gasteiger partial charge in [0.2, 0.25) is 0 Å². The van der Waals surface area contributed by atoms with Crippen LogP contribution in [0.1, 0.15) is 12.5 Å². The van der Waals surface area contributed by atoms with Crippen molar-refractivity contribution >= 4 is 17.6 Å². The van der Waals surface area contributed by atoms with Crippen LogP contribution in [0.3, 0.4) is 0 Å². The molecule has 0 aromatic carbocycles. The maximum Gasteiger partial charge on any atom is 0.170 e. The van der Waals surface area contributed by atoms with Crippen molar-refractivity contribution in [1.29, 1.82) is 0 Å². The number of hydrogen-bond acceptors (Lipinski definition) is 5. The summed E-state index contributed by atoms with van der Waals surface area (Å²) in [7, 11) is 0. The average molecular weight is 241 g/mol. The van der Waals surface area contributed by atoms with Gasteiger partial charge in [-0.15, -0.1) is 11.8 Å². The molecule has 6 heteroatoms. The lowest BCUT2D eigenvalue weighted by molar-refractivity contribution is 0.250. The lowest BCUT2D eigenvalue weighted by Crippen LogP contribution is -2.13. The Balaban J connectivity index is 2.68. The minimum atomic E-state index is 0.0689. The third kappa shape index (κ3) is 3.71. The molecule has 0 saturated carbocycles. The molecule has 0 aliphatic carbocycles. The molecular formula is C10H15N3O2S. The second-order valence-corrected chi connectivity index (χ2v) is 4.51. The summed E-state index contributed by atoms with van der Waals surface area (Å²) < 4.78 is 0. The fraction of sp³-hybridized carbons (Fsp3) is 0.400. The van der Waals surface area contributed by atoms with Gasteiger partial charge in [-0.05, 0) is 18.1 Å². The Morgan fingerprint density at radius 1 is 1.69 bits per heavy atom. The molecule has 0 amide bonds. The number of aliphatic hydroxyl groups excluding tert-OH is 1. The van der Waals surface area contributed by atoms with Crippen molar-refractivity contribution in [3.8, 4) is 0 Å². The topological polar surface area (TPSA) is 91.7 Å². The number of amidine groups is 1. The van der Waals surface area contributed by atoms with Gasteiger partial charge in [0, 0.05) is 24.1 Å². The van der Waals surface area contributed by atoms with Gasteiger partial charge in [-0.3, -0.25) is 0 Å². The molecule has 1 rings (SSSR count). The van der Waals surface area contributed by atoms with Crippen LogP contribution in [0.2, 0.25) is 0 Å². The van der Waals surface area contributed by atoms with Crippen molar-refractivity contribution in [2.45, 2.75) is 11.9 Å². The first-order valence-corrected chi connectivity index (χ1v) is 5.83. The van der Waals surface area contributed by atoms with Gasteiger partial charge in [0.1, 0.15) is 0 Å². The molecule has 1 aromatic rings. The van der Waals surface area contributed by atoms with E-state index in [2.05, 4.69) is 10.1 Å². The van der Waals surface area contributed by atoms with Crippen LogP contribution < -0.4 is 5.73 Å². The lowest BCUT2D eigenvalue weighted by Gasteiger charge is -2.07. The summed E-state index contributed by atoms with van der Waals surface area (Å²) in [4.78, 5) is 4.15. The van der Waals surface area contributed by atoms with E-state index < -0.39 is 0 Å². The monoisotopic (exact) mass is 241 g/mol. The van der Waals surface area contributed by atoms with Crippen LogP contribution in [-0.4, -0.2) is 33.5 Å². The molecule has 0 aliphatic rings. The number of nitrogens with zero attached hydrogens (tertiary/aromatic N) is 2. The van der Waals surface area contributed by atoms with E-state index >= 15 is 0 Å². The zero-order valence-corrected chi connectivity index (χ0v) is 9.81. The third-order valence-electron chi connectivity index (χ3n) is 1.97. The summed E-state index contributed by atoms with van der Waals surface area (Å²) in [5.74, 6) is 1.07. The molecule has 0 bridgehead atoms. The standard InChI is InChI=1S/C10H15N3O2S/c1-7(5-14)6-16-9-4-8(2-3-12-9)10(11)13-15/h2-4,7,14-15H,5-6H2,1H3,(H2,11,13). The summed E-state index contributed by atoms with van der Waals surface area (Å²) in [5.41, 5.74) is 6.10. The van der Waals surface area contributed by atoms with Gasteiger partial charge >= 0.3 is 0 Å². The molecule has 0 saturated heterocycles. The van der Waals surface area contributed by atoms with Gasteiger partial charge in [-0.1, -0.05) is 12.1 Å². The number of nitrogens with two attached hydrogens (primary N) is 1. The molecule has 1 atom stereocenters. The predicted molar refractivity (Wildman–Crippen MR) is 63.7 cm³/mol. The van der Waals surface area contributed by atoms with Gasteiger partial charge in [0.25, 0.3) is 0 Å². The van der Waals surface area contributed by atoms with Crippen molar-refractivity contribution in [3.63, 3.8) is 0 Å². The van der Waals surface area contributed by atoms with E-state index in [1.54, 1.807) is 18.3 Å². The van der Waals surface area contributed by atoms with E-state index in [0.29, 0.717) is 5.56 Å². The number of aliphatic hydroxyl groups is 1. The zero-order chi connectivity index (χ0) is 12.0. The molecule has 0 aliphatic heterocycles. The maximum atomic E-state index is 8.89. The van der Waals surface area contributed by atoms with E-state index in [9.17, 15) is 0 Å². The van der Waals surface area contributed by atoms with Crippen LogP contribution in [0.5, 0.6) is 0 Å². The summed E-state index contributed by atoms with van der Waals surface area (Å²) in [6.45, 7) is 2.12. The molecule has 0 radical (unpaired) electrons. The number of aromatic nitrogens is 1. The largest absolute Gasteiger partial charge is 0.409 e. The fourth-order valence-corrected chi connectivity index (χ4v) is 1.89. The Kier molecular flexibility index (Phi) is 5.07. The van der Waals surface area contributed by atoms with Crippen LogP contribution in [-0.2, 0) is 0 Å². The highest BCUT2D eigenvalue weighted by Gasteiger charge is 2.05. The van der Waals surface area contributed by atoms with Gasteiger partial charge in [0.15, 0.2) is 5.84 Å². The first kappa shape index (κ1) is 12.8. The van der Waals surface area contributed by atoms with Crippen molar-refractivity contribution in [2.75, 3.05) is 12.4 Å². The van der Waals surface area contributed by atoms with E-state index in [1.165, 1.54) is 11.8 Å². The van der Waals surface area contributed by atoms with Crippen LogP contribution >= 0.6 is 11.8 Å². The molecule has 16 heavy (non-hydrogen) atoms. The Morgan fingerprint density at radius 2 is 2.44 bits per heavy atom. The zero-order valence-electron chi connectivity index (χ0n) is 9.00. The smallest absolute Gasteiger partial charge is 0.170 e. The van der Waals surface area contributed by atoms with E-state index in [-0.39, 0.29) is 18.4 Å². The number of pyridine rings is 1. The van der Waals surface area contributed by atoms with Crippen molar-refractivity contribution in [2.24, 2.45) is 16.8 Å². The fourth-order valence-electron chi connectivity index (χ4n) is 0.986. The molecule has 1 heterocycles. The summed E-state index contributed by atoms with van der Waals surface area (Å²) in [5, 5.41) is 21.2. The molecule has 0 fully saturated rings. The molecule has 4 N–H and O–H groups in total. The minimum absolute atomic E-state index is 0.0689. The molecule has 1 unspecified atom stereocenters. The summed E-state index contributed by atoms with van der Waals surface area (Å²) in [6.07, 6.45) is 1.61. The highest BCUT2D eigenvalue weighted by molar-refractivity contribution is 7.99. The first-order valence-electron chi connectivity index (χ1n) is 4.85. The average Bonchev–Trinajstić information content (AvgIpc) is 2.35. The number of hydrogen-bond donors (Lipinski definition) is 3. The number of thioether (sulfide) groups is 1. The lowest BCUT2D eigenvalue weighted by atomic mass is 10.2. The second-order valence-electron chi connectivity index (χ2n) is 3.47. The van der Waals surface area contributed by atoms with E-state index in [1.807, 2.05) is 6.92 Å². The van der Waals surface area contributed by atoms with Gasteiger partial charge < -0.3 is 16.0 Å². The van der Waals surface area contributed by atoms with Crippen LogP contribution in [0, 0.1) is 5.92 Å². The number of rotatable bonds is 5. The molecule has 88 valence electrons. The SMILES string of the molecule is CC(CO)CSc1cc(C(N)=NO)ccn1. The predicted octanol–water partition coefficient (Wildman–Crippen LogP) is 0.897.